The fourth-order valence-electron chi connectivity index (χ4n) is 2.97. The molecule has 1 aromatic rings. The molecule has 1 unspecified atom stereocenters. The first-order valence-corrected chi connectivity index (χ1v) is 7.17. The first-order valence-electron chi connectivity index (χ1n) is 7.17. The monoisotopic (exact) mass is 245 g/mol. The van der Waals surface area contributed by atoms with Crippen molar-refractivity contribution < 1.29 is 5.02 Å². The number of benzene rings is 1. The molecule has 0 aliphatic heterocycles. The highest BCUT2D eigenvalue weighted by atomic mass is 16.2. The lowest BCUT2D eigenvalue weighted by Gasteiger charge is -2.21. The van der Waals surface area contributed by atoms with Gasteiger partial charge in [-0.1, -0.05) is 39.3 Å². The molecule has 18 heavy (non-hydrogen) atoms. The van der Waals surface area contributed by atoms with E-state index >= 15 is 0 Å². The van der Waals surface area contributed by atoms with Crippen LogP contribution in [0.5, 0.6) is 0 Å². The molecule has 1 N–H and O–H groups in total. The first kappa shape index (κ1) is 15.3. The van der Waals surface area contributed by atoms with Crippen LogP contribution in [-0.4, -0.2) is 12.5 Å². The van der Waals surface area contributed by atoms with Crippen molar-refractivity contribution in [3.63, 3.8) is 0 Å². The Hall–Kier alpha value is -0.755. The van der Waals surface area contributed by atoms with Gasteiger partial charge in [-0.3, -0.25) is 0 Å². The van der Waals surface area contributed by atoms with Crippen LogP contribution in [0.1, 0.15) is 74.0 Å². The van der Waals surface area contributed by atoms with Gasteiger partial charge in [-0.15, -0.1) is 0 Å². The van der Waals surface area contributed by atoms with Crippen molar-refractivity contribution in [1.82, 2.24) is 0 Å². The molecule has 2 heteroatoms. The summed E-state index contributed by atoms with van der Waals surface area (Å²) in [4.78, 5) is 0. The van der Waals surface area contributed by atoms with Crippen molar-refractivity contribution >= 4 is 7.48 Å². The minimum atomic E-state index is 0.167. The number of hydrogen-bond acceptors (Lipinski definition) is 1. The molecule has 0 bridgehead atoms. The van der Waals surface area contributed by atoms with E-state index < -0.39 is 0 Å². The lowest BCUT2D eigenvalue weighted by Crippen LogP contribution is -2.11. The molecule has 0 amide bonds. The third-order valence-corrected chi connectivity index (χ3v) is 4.06. The summed E-state index contributed by atoms with van der Waals surface area (Å²) in [5.74, 6) is 0.829. The third kappa shape index (κ3) is 3.17. The van der Waals surface area contributed by atoms with Gasteiger partial charge in [-0.2, -0.15) is 0 Å². The second kappa shape index (κ2) is 6.99. The van der Waals surface area contributed by atoms with Crippen LogP contribution in [0.4, 0.5) is 0 Å². The Morgan fingerprint density at radius 3 is 1.83 bits per heavy atom. The molecular formula is C16H26BO. The largest absolute Gasteiger partial charge is 0.454 e. The maximum Gasteiger partial charge on any atom is 0.295 e. The number of hydrogen-bond donors (Lipinski definition) is 1. The Bertz CT molecular complexity index is 356. The Balaban J connectivity index is 3.19. The van der Waals surface area contributed by atoms with Crippen LogP contribution >= 0.6 is 0 Å². The van der Waals surface area contributed by atoms with E-state index in [2.05, 4.69) is 46.8 Å². The van der Waals surface area contributed by atoms with E-state index in [-0.39, 0.29) is 5.82 Å². The topological polar surface area (TPSA) is 20.2 Å². The fourth-order valence-corrected chi connectivity index (χ4v) is 2.97. The van der Waals surface area contributed by atoms with Gasteiger partial charge >= 0.3 is 0 Å². The Morgan fingerprint density at radius 2 is 1.50 bits per heavy atom. The third-order valence-electron chi connectivity index (χ3n) is 4.06. The molecule has 1 radical (unpaired) electrons. The van der Waals surface area contributed by atoms with Crippen molar-refractivity contribution in [2.75, 3.05) is 0 Å². The standard InChI is InChI=1S/C16H26BO/c1-6-13(7-2)14-9-11(4)16(12(5)10-14)15(8-3)17-18/h9-10,13,15,18H,6-8H2,1-5H3. The molecule has 99 valence electrons. The minimum Gasteiger partial charge on any atom is -0.454 e. The van der Waals surface area contributed by atoms with Gasteiger partial charge in [-0.25, -0.2) is 0 Å². The summed E-state index contributed by atoms with van der Waals surface area (Å²) in [5.41, 5.74) is 5.38. The molecule has 0 saturated carbocycles. The quantitative estimate of drug-likeness (QED) is 0.742. The van der Waals surface area contributed by atoms with Gasteiger partial charge in [0, 0.05) is 0 Å². The molecule has 0 aromatic heterocycles. The molecule has 1 nitrogen and oxygen atoms in total. The lowest BCUT2D eigenvalue weighted by atomic mass is 9.70. The molecular weight excluding hydrogens is 219 g/mol. The van der Waals surface area contributed by atoms with Crippen LogP contribution in [-0.2, 0) is 0 Å². The van der Waals surface area contributed by atoms with Crippen molar-refractivity contribution in [3.05, 3.63) is 34.4 Å². The highest BCUT2D eigenvalue weighted by Gasteiger charge is 2.17. The van der Waals surface area contributed by atoms with Crippen LogP contribution in [0.2, 0.25) is 0 Å². The van der Waals surface area contributed by atoms with Gasteiger partial charge < -0.3 is 5.02 Å². The zero-order valence-corrected chi connectivity index (χ0v) is 12.5. The maximum absolute atomic E-state index is 9.37. The maximum atomic E-state index is 9.37. The molecule has 0 heterocycles. The Morgan fingerprint density at radius 1 is 1.00 bits per heavy atom. The highest BCUT2D eigenvalue weighted by molar-refractivity contribution is 6.28. The van der Waals surface area contributed by atoms with Crippen LogP contribution < -0.4 is 0 Å². The second-order valence-electron chi connectivity index (χ2n) is 5.25. The van der Waals surface area contributed by atoms with E-state index in [0.717, 1.165) is 6.42 Å². The van der Waals surface area contributed by atoms with E-state index in [0.29, 0.717) is 5.92 Å². The summed E-state index contributed by atoms with van der Waals surface area (Å²) in [6.45, 7) is 11.0. The van der Waals surface area contributed by atoms with Gasteiger partial charge in [0.15, 0.2) is 0 Å². The second-order valence-corrected chi connectivity index (χ2v) is 5.25. The minimum absolute atomic E-state index is 0.167. The molecule has 1 aromatic carbocycles. The number of rotatable bonds is 6. The van der Waals surface area contributed by atoms with Gasteiger partial charge in [-0.05, 0) is 60.7 Å². The van der Waals surface area contributed by atoms with E-state index in [1.54, 1.807) is 0 Å². The summed E-state index contributed by atoms with van der Waals surface area (Å²) >= 11 is 0. The summed E-state index contributed by atoms with van der Waals surface area (Å²) in [6.07, 6.45) is 3.33. The predicted molar refractivity (Wildman–Crippen MR) is 80.2 cm³/mol. The summed E-state index contributed by atoms with van der Waals surface area (Å²) in [5, 5.41) is 9.37. The molecule has 0 fully saturated rings. The normalized spacial score (nSPS) is 12.8. The van der Waals surface area contributed by atoms with E-state index in [4.69, 9.17) is 0 Å². The van der Waals surface area contributed by atoms with E-state index in [9.17, 15) is 5.02 Å². The molecule has 0 saturated heterocycles. The SMILES string of the molecule is CCC([B]O)c1c(C)cc(C(CC)CC)cc1C. The van der Waals surface area contributed by atoms with E-state index in [1.807, 2.05) is 0 Å². The van der Waals surface area contributed by atoms with Crippen molar-refractivity contribution in [3.8, 4) is 0 Å². The van der Waals surface area contributed by atoms with Crippen molar-refractivity contribution in [2.24, 2.45) is 0 Å². The molecule has 0 spiro atoms. The summed E-state index contributed by atoms with van der Waals surface area (Å²) < 4.78 is 0. The highest BCUT2D eigenvalue weighted by Crippen LogP contribution is 2.31. The van der Waals surface area contributed by atoms with Crippen LogP contribution in [0.25, 0.3) is 0 Å². The van der Waals surface area contributed by atoms with Gasteiger partial charge in [0.05, 0.1) is 0 Å². The molecule has 1 atom stereocenters. The van der Waals surface area contributed by atoms with Crippen LogP contribution in [0, 0.1) is 13.8 Å². The number of aryl methyl sites for hydroxylation is 2. The van der Waals surface area contributed by atoms with Crippen molar-refractivity contribution in [2.45, 2.75) is 65.6 Å². The summed E-state index contributed by atoms with van der Waals surface area (Å²) in [7, 11) is 1.34. The molecule has 1 rings (SSSR count). The van der Waals surface area contributed by atoms with Gasteiger partial charge in [0.2, 0.25) is 0 Å². The average Bonchev–Trinajstić information content (AvgIpc) is 2.35. The Kier molecular flexibility index (Phi) is 5.94. The lowest BCUT2D eigenvalue weighted by molar-refractivity contribution is 0.575. The predicted octanol–water partition coefficient (Wildman–Crippen LogP) is 4.27. The first-order chi connectivity index (χ1) is 8.58. The fraction of sp³-hybridized carbons (Fsp3) is 0.625. The van der Waals surface area contributed by atoms with Crippen LogP contribution in [0.3, 0.4) is 0 Å². The van der Waals surface area contributed by atoms with Crippen LogP contribution in [0.15, 0.2) is 12.1 Å². The smallest absolute Gasteiger partial charge is 0.295 e. The van der Waals surface area contributed by atoms with Crippen molar-refractivity contribution in [1.29, 1.82) is 0 Å². The zero-order valence-electron chi connectivity index (χ0n) is 12.5. The summed E-state index contributed by atoms with van der Waals surface area (Å²) in [6, 6.07) is 4.62. The Labute approximate surface area is 113 Å². The molecule has 0 aliphatic rings. The average molecular weight is 245 g/mol. The van der Waals surface area contributed by atoms with Gasteiger partial charge in [0.25, 0.3) is 7.48 Å². The molecule has 0 aliphatic carbocycles. The van der Waals surface area contributed by atoms with E-state index in [1.165, 1.54) is 42.6 Å². The van der Waals surface area contributed by atoms with Gasteiger partial charge in [0.1, 0.15) is 0 Å². The zero-order chi connectivity index (χ0) is 13.7.